The minimum Gasteiger partial charge on any atom is -0.309 e. The first kappa shape index (κ1) is 15.6. The minimum absolute atomic E-state index is 0.232. The molecule has 0 atom stereocenters. The van der Waals surface area contributed by atoms with Crippen LogP contribution in [0.1, 0.15) is 10.5 Å². The van der Waals surface area contributed by atoms with Gasteiger partial charge in [0.15, 0.2) is 0 Å². The first-order valence-corrected chi connectivity index (χ1v) is 7.66. The summed E-state index contributed by atoms with van der Waals surface area (Å²) in [6, 6.07) is 16.2. The Hall–Kier alpha value is -2.30. The van der Waals surface area contributed by atoms with Crippen molar-refractivity contribution in [2.45, 2.75) is 0 Å². The normalized spacial score (nSPS) is 10.6. The van der Waals surface area contributed by atoms with E-state index < -0.39 is 0 Å². The predicted molar refractivity (Wildman–Crippen MR) is 93.2 cm³/mol. The molecule has 1 N–H and O–H groups in total. The van der Waals surface area contributed by atoms with Gasteiger partial charge in [-0.3, -0.25) is 9.89 Å². The molecule has 0 aliphatic rings. The summed E-state index contributed by atoms with van der Waals surface area (Å²) in [5.74, 6) is -0.232. The number of benzene rings is 2. The lowest BCUT2D eigenvalue weighted by Crippen LogP contribution is -2.26. The van der Waals surface area contributed by atoms with Gasteiger partial charge in [-0.15, -0.1) is 0 Å². The molecule has 0 aliphatic heterocycles. The Kier molecular flexibility index (Phi) is 4.37. The third kappa shape index (κ3) is 3.09. The Morgan fingerprint density at radius 2 is 1.70 bits per heavy atom. The Morgan fingerprint density at radius 1 is 1.04 bits per heavy atom. The van der Waals surface area contributed by atoms with Crippen LogP contribution in [0.2, 0.25) is 10.0 Å². The maximum absolute atomic E-state index is 12.6. The quantitative estimate of drug-likeness (QED) is 0.750. The van der Waals surface area contributed by atoms with Crippen LogP contribution in [0.15, 0.2) is 54.6 Å². The van der Waals surface area contributed by atoms with Crippen LogP contribution in [0.3, 0.4) is 0 Å². The second kappa shape index (κ2) is 6.44. The first-order valence-electron chi connectivity index (χ1n) is 6.91. The monoisotopic (exact) mass is 345 g/mol. The predicted octanol–water partition coefficient (Wildman–Crippen LogP) is 4.66. The molecule has 6 heteroatoms. The number of nitrogens with zero attached hydrogens (tertiary/aromatic N) is 2. The number of carbonyl (C=O) groups is 1. The average Bonchev–Trinajstić information content (AvgIpc) is 3.04. The zero-order valence-corrected chi connectivity index (χ0v) is 13.8. The fourth-order valence-corrected chi connectivity index (χ4v) is 2.75. The number of hydrogen-bond acceptors (Lipinski definition) is 2. The maximum atomic E-state index is 12.6. The molecular formula is C17H13Cl2N3O. The van der Waals surface area contributed by atoms with Crippen molar-refractivity contribution in [2.24, 2.45) is 0 Å². The van der Waals surface area contributed by atoms with Crippen molar-refractivity contribution < 1.29 is 4.79 Å². The molecule has 23 heavy (non-hydrogen) atoms. The zero-order valence-electron chi connectivity index (χ0n) is 12.3. The summed E-state index contributed by atoms with van der Waals surface area (Å²) in [5, 5.41) is 8.02. The fourth-order valence-electron chi connectivity index (χ4n) is 2.25. The van der Waals surface area contributed by atoms with Gasteiger partial charge in [-0.05, 0) is 24.3 Å². The average molecular weight is 346 g/mol. The summed E-state index contributed by atoms with van der Waals surface area (Å²) in [4.78, 5) is 14.1. The number of anilines is 1. The molecule has 0 saturated carbocycles. The van der Waals surface area contributed by atoms with E-state index in [4.69, 9.17) is 23.2 Å². The number of rotatable bonds is 3. The van der Waals surface area contributed by atoms with E-state index in [-0.39, 0.29) is 5.91 Å². The van der Waals surface area contributed by atoms with Gasteiger partial charge in [0.05, 0.1) is 21.4 Å². The Morgan fingerprint density at radius 3 is 2.39 bits per heavy atom. The smallest absolute Gasteiger partial charge is 0.276 e. The highest BCUT2D eigenvalue weighted by Gasteiger charge is 2.19. The standard InChI is InChI=1S/C17H13Cl2N3O/c1-22(16-9-5-4-8-13(16)19)17(23)15-10-14(20-21-15)11-6-2-3-7-12(11)18/h2-10H,1H3,(H,20,21). The second-order valence-electron chi connectivity index (χ2n) is 4.96. The molecule has 0 fully saturated rings. The fraction of sp³-hybridized carbons (Fsp3) is 0.0588. The molecule has 0 unspecified atom stereocenters. The zero-order chi connectivity index (χ0) is 16.4. The lowest BCUT2D eigenvalue weighted by molar-refractivity contribution is 0.0988. The SMILES string of the molecule is CN(C(=O)c1cc(-c2ccccc2Cl)n[nH]1)c1ccccc1Cl. The van der Waals surface area contributed by atoms with Crippen molar-refractivity contribution in [3.63, 3.8) is 0 Å². The molecule has 1 aromatic heterocycles. The van der Waals surface area contributed by atoms with Gasteiger partial charge in [0.25, 0.3) is 5.91 Å². The summed E-state index contributed by atoms with van der Waals surface area (Å²) in [6.07, 6.45) is 0. The van der Waals surface area contributed by atoms with Gasteiger partial charge >= 0.3 is 0 Å². The summed E-state index contributed by atoms with van der Waals surface area (Å²) in [7, 11) is 1.67. The third-order valence-corrected chi connectivity index (χ3v) is 4.13. The highest BCUT2D eigenvalue weighted by molar-refractivity contribution is 6.34. The molecule has 2 aromatic carbocycles. The van der Waals surface area contributed by atoms with E-state index in [1.54, 1.807) is 31.3 Å². The van der Waals surface area contributed by atoms with Crippen molar-refractivity contribution in [3.8, 4) is 11.3 Å². The molecule has 0 spiro atoms. The number of amides is 1. The summed E-state index contributed by atoms with van der Waals surface area (Å²) in [6.45, 7) is 0. The number of aromatic nitrogens is 2. The largest absolute Gasteiger partial charge is 0.309 e. The van der Waals surface area contributed by atoms with Crippen LogP contribution in [0, 0.1) is 0 Å². The van der Waals surface area contributed by atoms with Gasteiger partial charge in [0, 0.05) is 12.6 Å². The van der Waals surface area contributed by atoms with Crippen LogP contribution in [0.4, 0.5) is 5.69 Å². The lowest BCUT2D eigenvalue weighted by atomic mass is 10.1. The first-order chi connectivity index (χ1) is 11.1. The number of hydrogen-bond donors (Lipinski definition) is 1. The van der Waals surface area contributed by atoms with Gasteiger partial charge in [-0.25, -0.2) is 0 Å². The summed E-state index contributed by atoms with van der Waals surface area (Å²) in [5.41, 5.74) is 2.38. The van der Waals surface area contributed by atoms with Gasteiger partial charge < -0.3 is 4.90 Å². The van der Waals surface area contributed by atoms with Crippen molar-refractivity contribution >= 4 is 34.8 Å². The highest BCUT2D eigenvalue weighted by atomic mass is 35.5. The molecule has 3 aromatic rings. The number of nitrogens with one attached hydrogen (secondary N) is 1. The molecule has 0 radical (unpaired) electrons. The van der Waals surface area contributed by atoms with Gasteiger partial charge in [-0.2, -0.15) is 5.10 Å². The molecule has 0 bridgehead atoms. The van der Waals surface area contributed by atoms with Gasteiger partial charge in [0.2, 0.25) is 0 Å². The van der Waals surface area contributed by atoms with Crippen molar-refractivity contribution in [1.82, 2.24) is 10.2 Å². The van der Waals surface area contributed by atoms with Crippen molar-refractivity contribution in [2.75, 3.05) is 11.9 Å². The summed E-state index contributed by atoms with van der Waals surface area (Å²) < 4.78 is 0. The second-order valence-corrected chi connectivity index (χ2v) is 5.78. The van der Waals surface area contributed by atoms with Crippen LogP contribution in [-0.2, 0) is 0 Å². The van der Waals surface area contributed by atoms with Crippen LogP contribution in [-0.4, -0.2) is 23.2 Å². The van der Waals surface area contributed by atoms with Crippen molar-refractivity contribution in [3.05, 3.63) is 70.3 Å². The van der Waals surface area contributed by atoms with E-state index in [0.717, 1.165) is 5.56 Å². The van der Waals surface area contributed by atoms with Gasteiger partial charge in [0.1, 0.15) is 5.69 Å². The number of para-hydroxylation sites is 1. The van der Waals surface area contributed by atoms with Crippen LogP contribution in [0.5, 0.6) is 0 Å². The van der Waals surface area contributed by atoms with E-state index in [1.165, 1.54) is 4.90 Å². The summed E-state index contributed by atoms with van der Waals surface area (Å²) >= 11 is 12.3. The van der Waals surface area contributed by atoms with Crippen LogP contribution in [0.25, 0.3) is 11.3 Å². The lowest BCUT2D eigenvalue weighted by Gasteiger charge is -2.17. The van der Waals surface area contributed by atoms with E-state index in [2.05, 4.69) is 10.2 Å². The third-order valence-electron chi connectivity index (χ3n) is 3.48. The van der Waals surface area contributed by atoms with Crippen LogP contribution < -0.4 is 4.90 Å². The number of carbonyl (C=O) groups excluding carboxylic acids is 1. The number of halogens is 2. The Balaban J connectivity index is 1.90. The van der Waals surface area contributed by atoms with E-state index in [9.17, 15) is 4.79 Å². The molecule has 0 saturated heterocycles. The Bertz CT molecular complexity index is 860. The maximum Gasteiger partial charge on any atom is 0.276 e. The van der Waals surface area contributed by atoms with E-state index >= 15 is 0 Å². The molecule has 4 nitrogen and oxygen atoms in total. The molecule has 1 amide bonds. The number of H-pyrrole nitrogens is 1. The van der Waals surface area contributed by atoms with E-state index in [1.807, 2.05) is 30.3 Å². The molecule has 3 rings (SSSR count). The van der Waals surface area contributed by atoms with Gasteiger partial charge in [-0.1, -0.05) is 53.5 Å². The highest BCUT2D eigenvalue weighted by Crippen LogP contribution is 2.28. The molecule has 116 valence electrons. The Labute approximate surface area is 143 Å². The molecular weight excluding hydrogens is 333 g/mol. The van der Waals surface area contributed by atoms with Crippen LogP contribution >= 0.6 is 23.2 Å². The molecule has 0 aliphatic carbocycles. The van der Waals surface area contributed by atoms with Crippen molar-refractivity contribution in [1.29, 1.82) is 0 Å². The van der Waals surface area contributed by atoms with E-state index in [0.29, 0.717) is 27.1 Å². The molecule has 1 heterocycles. The topological polar surface area (TPSA) is 49.0 Å². The number of aromatic amines is 1. The minimum atomic E-state index is -0.232.